The van der Waals surface area contributed by atoms with Gasteiger partial charge in [-0.25, -0.2) is 0 Å². The number of quaternary nitrogens is 1. The molecule has 0 spiro atoms. The van der Waals surface area contributed by atoms with Crippen molar-refractivity contribution in [1.29, 1.82) is 0 Å². The van der Waals surface area contributed by atoms with Crippen molar-refractivity contribution < 1.29 is 4.65 Å². The first kappa shape index (κ1) is 8.73. The van der Waals surface area contributed by atoms with Gasteiger partial charge in [0.15, 0.2) is 0 Å². The van der Waals surface area contributed by atoms with Gasteiger partial charge in [0.1, 0.15) is 6.04 Å². The molecular formula is C11H15NO. The maximum atomic E-state index is 12.0. The van der Waals surface area contributed by atoms with E-state index in [1.54, 1.807) is 7.05 Å². The Morgan fingerprint density at radius 1 is 1.31 bits per heavy atom. The van der Waals surface area contributed by atoms with Crippen LogP contribution >= 0.6 is 0 Å². The number of benzene rings is 1. The van der Waals surface area contributed by atoms with E-state index in [9.17, 15) is 5.21 Å². The molecule has 2 rings (SSSR count). The second-order valence-electron chi connectivity index (χ2n) is 3.97. The summed E-state index contributed by atoms with van der Waals surface area (Å²) in [4.78, 5) is 0. The lowest BCUT2D eigenvalue weighted by Gasteiger charge is -2.40. The Balaban J connectivity index is 2.27. The van der Waals surface area contributed by atoms with Gasteiger partial charge in [0.2, 0.25) is 0 Å². The molecule has 0 radical (unpaired) electrons. The van der Waals surface area contributed by atoms with Gasteiger partial charge in [-0.05, 0) is 0 Å². The summed E-state index contributed by atoms with van der Waals surface area (Å²) in [7, 11) is 1.78. The van der Waals surface area contributed by atoms with E-state index in [1.807, 2.05) is 18.2 Å². The molecule has 2 unspecified atom stereocenters. The van der Waals surface area contributed by atoms with Gasteiger partial charge in [0, 0.05) is 18.4 Å². The molecule has 0 bridgehead atoms. The minimum absolute atomic E-state index is 0.0932. The van der Waals surface area contributed by atoms with Gasteiger partial charge >= 0.3 is 0 Å². The summed E-state index contributed by atoms with van der Waals surface area (Å²) in [6, 6.07) is 10.3. The van der Waals surface area contributed by atoms with Crippen molar-refractivity contribution in [2.24, 2.45) is 0 Å². The Morgan fingerprint density at radius 2 is 2.00 bits per heavy atom. The average Bonchev–Trinajstić information content (AvgIpc) is 2.47. The first-order valence-electron chi connectivity index (χ1n) is 4.81. The van der Waals surface area contributed by atoms with Crippen LogP contribution in [0.2, 0.25) is 0 Å². The Hall–Kier alpha value is -0.860. The summed E-state index contributed by atoms with van der Waals surface area (Å²) in [5, 5.41) is 12.0. The van der Waals surface area contributed by atoms with Crippen molar-refractivity contribution in [2.45, 2.75) is 18.9 Å². The zero-order valence-corrected chi connectivity index (χ0v) is 7.94. The molecule has 70 valence electrons. The number of rotatable bonds is 1. The second-order valence-corrected chi connectivity index (χ2v) is 3.97. The van der Waals surface area contributed by atoms with Crippen LogP contribution in [0.5, 0.6) is 0 Å². The van der Waals surface area contributed by atoms with E-state index in [1.165, 1.54) is 5.56 Å². The van der Waals surface area contributed by atoms with Crippen molar-refractivity contribution in [3.63, 3.8) is 0 Å². The van der Waals surface area contributed by atoms with Crippen LogP contribution in [0.15, 0.2) is 30.3 Å². The minimum atomic E-state index is -0.0932. The molecule has 1 saturated heterocycles. The van der Waals surface area contributed by atoms with E-state index in [0.717, 1.165) is 19.4 Å². The van der Waals surface area contributed by atoms with Crippen molar-refractivity contribution in [3.05, 3.63) is 41.1 Å². The number of likely N-dealkylation sites (tertiary alicyclic amines) is 1. The number of hydrogen-bond donors (Lipinski definition) is 0. The van der Waals surface area contributed by atoms with Crippen LogP contribution in [0.1, 0.15) is 24.4 Å². The summed E-state index contributed by atoms with van der Waals surface area (Å²) < 4.78 is -0.0932. The number of nitrogens with zero attached hydrogens (tertiary/aromatic N) is 1. The van der Waals surface area contributed by atoms with Crippen LogP contribution < -0.4 is 0 Å². The van der Waals surface area contributed by atoms with Gasteiger partial charge in [0.05, 0.1) is 13.6 Å². The molecule has 0 N–H and O–H groups in total. The standard InChI is InChI=1S/C11H15NO/c1-12(13)9-5-8-11(12)10-6-3-2-4-7-10/h2-4,6-7,11H,5,8-9H2,1H3. The molecule has 1 fully saturated rings. The molecule has 1 heterocycles. The molecule has 1 aliphatic heterocycles. The molecule has 2 nitrogen and oxygen atoms in total. The molecular weight excluding hydrogens is 162 g/mol. The zero-order chi connectivity index (χ0) is 9.31. The predicted molar refractivity (Wildman–Crippen MR) is 52.8 cm³/mol. The molecule has 2 atom stereocenters. The first-order valence-corrected chi connectivity index (χ1v) is 4.81. The lowest BCUT2D eigenvalue weighted by molar-refractivity contribution is -0.878. The second kappa shape index (κ2) is 3.13. The molecule has 0 saturated carbocycles. The fourth-order valence-corrected chi connectivity index (χ4v) is 2.18. The Morgan fingerprint density at radius 3 is 2.54 bits per heavy atom. The Bertz CT molecular complexity index is 281. The molecule has 0 amide bonds. The first-order chi connectivity index (χ1) is 6.20. The quantitative estimate of drug-likeness (QED) is 0.477. The average molecular weight is 177 g/mol. The summed E-state index contributed by atoms with van der Waals surface area (Å²) in [5.74, 6) is 0. The largest absolute Gasteiger partial charge is 0.633 e. The van der Waals surface area contributed by atoms with Gasteiger partial charge in [-0.1, -0.05) is 30.3 Å². The lowest BCUT2D eigenvalue weighted by atomic mass is 10.1. The maximum Gasteiger partial charge on any atom is 0.114 e. The van der Waals surface area contributed by atoms with Gasteiger partial charge in [-0.2, -0.15) is 0 Å². The SMILES string of the molecule is C[N+]1([O-])CCCC1c1ccccc1. The fraction of sp³-hybridized carbons (Fsp3) is 0.455. The van der Waals surface area contributed by atoms with E-state index in [4.69, 9.17) is 0 Å². The van der Waals surface area contributed by atoms with Crippen LogP contribution in [0.25, 0.3) is 0 Å². The van der Waals surface area contributed by atoms with Gasteiger partial charge in [-0.15, -0.1) is 0 Å². The molecule has 1 aromatic carbocycles. The zero-order valence-electron chi connectivity index (χ0n) is 7.94. The molecule has 0 aliphatic carbocycles. The van der Waals surface area contributed by atoms with E-state index in [0.29, 0.717) is 0 Å². The minimum Gasteiger partial charge on any atom is -0.633 e. The van der Waals surface area contributed by atoms with Crippen molar-refractivity contribution in [3.8, 4) is 0 Å². The molecule has 0 aromatic heterocycles. The molecule has 13 heavy (non-hydrogen) atoms. The Kier molecular flexibility index (Phi) is 2.10. The highest BCUT2D eigenvalue weighted by Crippen LogP contribution is 2.36. The highest BCUT2D eigenvalue weighted by molar-refractivity contribution is 5.18. The van der Waals surface area contributed by atoms with Crippen molar-refractivity contribution in [1.82, 2.24) is 0 Å². The summed E-state index contributed by atoms with van der Waals surface area (Å²) in [6.45, 7) is 0.763. The third-order valence-electron chi connectivity index (χ3n) is 2.92. The highest BCUT2D eigenvalue weighted by Gasteiger charge is 2.31. The molecule has 1 aliphatic rings. The van der Waals surface area contributed by atoms with Crippen molar-refractivity contribution >= 4 is 0 Å². The fourth-order valence-electron chi connectivity index (χ4n) is 2.18. The summed E-state index contributed by atoms with van der Waals surface area (Å²) in [5.41, 5.74) is 1.19. The normalized spacial score (nSPS) is 33.5. The topological polar surface area (TPSA) is 23.1 Å². The van der Waals surface area contributed by atoms with Crippen molar-refractivity contribution in [2.75, 3.05) is 13.6 Å². The number of hydroxylamine groups is 3. The molecule has 2 heteroatoms. The Labute approximate surface area is 79.0 Å². The van der Waals surface area contributed by atoms with Crippen LogP contribution in [-0.2, 0) is 0 Å². The third-order valence-corrected chi connectivity index (χ3v) is 2.92. The van der Waals surface area contributed by atoms with Gasteiger partial charge in [-0.3, -0.25) is 0 Å². The maximum absolute atomic E-state index is 12.0. The van der Waals surface area contributed by atoms with E-state index in [-0.39, 0.29) is 10.7 Å². The highest BCUT2D eigenvalue weighted by atomic mass is 16.5. The molecule has 1 aromatic rings. The van der Waals surface area contributed by atoms with E-state index < -0.39 is 0 Å². The predicted octanol–water partition coefficient (Wildman–Crippen LogP) is 2.47. The van der Waals surface area contributed by atoms with E-state index in [2.05, 4.69) is 12.1 Å². The van der Waals surface area contributed by atoms with Crippen LogP contribution in [-0.4, -0.2) is 18.2 Å². The van der Waals surface area contributed by atoms with Crippen LogP contribution in [0.3, 0.4) is 0 Å². The third kappa shape index (κ3) is 1.60. The van der Waals surface area contributed by atoms with E-state index >= 15 is 0 Å². The van der Waals surface area contributed by atoms with Crippen LogP contribution in [0.4, 0.5) is 0 Å². The number of hydrogen-bond acceptors (Lipinski definition) is 1. The summed E-state index contributed by atoms with van der Waals surface area (Å²) >= 11 is 0. The summed E-state index contributed by atoms with van der Waals surface area (Å²) in [6.07, 6.45) is 2.09. The van der Waals surface area contributed by atoms with Gasteiger partial charge < -0.3 is 9.85 Å². The van der Waals surface area contributed by atoms with Crippen LogP contribution in [0, 0.1) is 5.21 Å². The smallest absolute Gasteiger partial charge is 0.114 e. The monoisotopic (exact) mass is 177 g/mol. The lowest BCUT2D eigenvalue weighted by Crippen LogP contribution is -2.36. The van der Waals surface area contributed by atoms with Gasteiger partial charge in [0.25, 0.3) is 0 Å².